The molecule has 1 aliphatic rings. The number of rotatable bonds is 7. The van der Waals surface area contributed by atoms with Gasteiger partial charge in [0.05, 0.1) is 19.3 Å². The topological polar surface area (TPSA) is 44.7 Å². The van der Waals surface area contributed by atoms with Crippen LogP contribution in [0.5, 0.6) is 0 Å². The highest BCUT2D eigenvalue weighted by molar-refractivity contribution is 5.25. The first kappa shape index (κ1) is 16.4. The molecule has 1 aromatic rings. The third-order valence-corrected chi connectivity index (χ3v) is 4.23. The number of morpholine rings is 1. The number of hydrogen-bond donors (Lipinski definition) is 2. The minimum Gasteiger partial charge on any atom is -0.394 e. The molecule has 0 aromatic heterocycles. The van der Waals surface area contributed by atoms with Crippen LogP contribution in [0.4, 0.5) is 0 Å². The summed E-state index contributed by atoms with van der Waals surface area (Å²) < 4.78 is 5.55. The minimum absolute atomic E-state index is 0.0436. The van der Waals surface area contributed by atoms with Crippen molar-refractivity contribution in [1.82, 2.24) is 10.2 Å². The van der Waals surface area contributed by atoms with Gasteiger partial charge in [0, 0.05) is 31.6 Å². The van der Waals surface area contributed by atoms with Gasteiger partial charge in [-0.1, -0.05) is 44.2 Å². The summed E-state index contributed by atoms with van der Waals surface area (Å²) in [5.41, 5.74) is 1.42. The van der Waals surface area contributed by atoms with Crippen LogP contribution in [-0.4, -0.2) is 62.0 Å². The molecule has 0 amide bonds. The highest BCUT2D eigenvalue weighted by Gasteiger charge is 2.31. The Morgan fingerprint density at radius 3 is 2.81 bits per heavy atom. The van der Waals surface area contributed by atoms with Crippen LogP contribution < -0.4 is 5.32 Å². The van der Waals surface area contributed by atoms with E-state index >= 15 is 0 Å². The van der Waals surface area contributed by atoms with Crippen molar-refractivity contribution in [2.24, 2.45) is 0 Å². The molecule has 0 spiro atoms. The van der Waals surface area contributed by atoms with E-state index in [-0.39, 0.29) is 18.1 Å². The van der Waals surface area contributed by atoms with E-state index in [0.717, 1.165) is 32.7 Å². The van der Waals surface area contributed by atoms with E-state index in [1.54, 1.807) is 0 Å². The zero-order valence-corrected chi connectivity index (χ0v) is 13.2. The molecule has 118 valence electrons. The second-order valence-electron chi connectivity index (χ2n) is 6.12. The van der Waals surface area contributed by atoms with Gasteiger partial charge in [-0.2, -0.15) is 0 Å². The molecule has 2 atom stereocenters. The lowest BCUT2D eigenvalue weighted by Crippen LogP contribution is -2.51. The molecular formula is C17H28N2O2. The van der Waals surface area contributed by atoms with Crippen molar-refractivity contribution in [3.05, 3.63) is 35.9 Å². The van der Waals surface area contributed by atoms with Crippen LogP contribution in [0.2, 0.25) is 0 Å². The summed E-state index contributed by atoms with van der Waals surface area (Å²) >= 11 is 0. The highest BCUT2D eigenvalue weighted by Crippen LogP contribution is 2.25. The van der Waals surface area contributed by atoms with Gasteiger partial charge in [0.2, 0.25) is 0 Å². The van der Waals surface area contributed by atoms with Gasteiger partial charge in [-0.15, -0.1) is 0 Å². The first-order chi connectivity index (χ1) is 10.2. The molecule has 2 unspecified atom stereocenters. The van der Waals surface area contributed by atoms with Gasteiger partial charge in [-0.25, -0.2) is 0 Å². The first-order valence-electron chi connectivity index (χ1n) is 7.89. The maximum atomic E-state index is 9.30. The molecule has 1 heterocycles. The number of likely N-dealkylation sites (N-methyl/N-ethyl adjacent to an activating group) is 1. The third kappa shape index (κ3) is 4.51. The lowest BCUT2D eigenvalue weighted by molar-refractivity contribution is -0.0572. The molecule has 1 fully saturated rings. The Morgan fingerprint density at radius 1 is 1.38 bits per heavy atom. The van der Waals surface area contributed by atoms with E-state index in [0.29, 0.717) is 6.61 Å². The lowest BCUT2D eigenvalue weighted by Gasteiger charge is -2.39. The molecular weight excluding hydrogens is 264 g/mol. The fourth-order valence-corrected chi connectivity index (χ4v) is 3.02. The fourth-order valence-electron chi connectivity index (χ4n) is 3.02. The lowest BCUT2D eigenvalue weighted by atomic mass is 9.81. The monoisotopic (exact) mass is 292 g/mol. The van der Waals surface area contributed by atoms with E-state index in [1.165, 1.54) is 5.56 Å². The van der Waals surface area contributed by atoms with E-state index in [1.807, 2.05) is 0 Å². The number of ether oxygens (including phenoxy) is 1. The van der Waals surface area contributed by atoms with Crippen LogP contribution in [0.15, 0.2) is 30.3 Å². The molecule has 4 heteroatoms. The summed E-state index contributed by atoms with van der Waals surface area (Å²) in [6.07, 6.45) is -0.0436. The average molecular weight is 292 g/mol. The summed E-state index contributed by atoms with van der Waals surface area (Å²) in [4.78, 5) is 2.41. The fraction of sp³-hybridized carbons (Fsp3) is 0.647. The van der Waals surface area contributed by atoms with E-state index in [4.69, 9.17) is 4.74 Å². The van der Waals surface area contributed by atoms with Crippen LogP contribution in [-0.2, 0) is 10.2 Å². The number of hydrogen-bond acceptors (Lipinski definition) is 4. The van der Waals surface area contributed by atoms with Crippen molar-refractivity contribution >= 4 is 0 Å². The largest absolute Gasteiger partial charge is 0.394 e. The Morgan fingerprint density at radius 2 is 2.14 bits per heavy atom. The van der Waals surface area contributed by atoms with Crippen molar-refractivity contribution in [3.8, 4) is 0 Å². The zero-order chi connectivity index (χ0) is 15.1. The average Bonchev–Trinajstić information content (AvgIpc) is 2.54. The minimum atomic E-state index is -0.0436. The summed E-state index contributed by atoms with van der Waals surface area (Å²) in [5.74, 6) is 0. The molecule has 21 heavy (non-hydrogen) atoms. The number of benzene rings is 1. The van der Waals surface area contributed by atoms with Crippen LogP contribution in [0.25, 0.3) is 0 Å². The van der Waals surface area contributed by atoms with Crippen molar-refractivity contribution in [2.45, 2.75) is 25.4 Å². The van der Waals surface area contributed by atoms with Gasteiger partial charge in [0.15, 0.2) is 0 Å². The molecule has 2 rings (SSSR count). The molecule has 0 radical (unpaired) electrons. The second kappa shape index (κ2) is 7.90. The Hall–Kier alpha value is -0.940. The normalized spacial score (nSPS) is 22.9. The summed E-state index contributed by atoms with van der Waals surface area (Å²) in [6, 6.07) is 10.7. The summed E-state index contributed by atoms with van der Waals surface area (Å²) in [7, 11) is 0. The van der Waals surface area contributed by atoms with Gasteiger partial charge in [-0.3, -0.25) is 4.90 Å². The quantitative estimate of drug-likeness (QED) is 0.794. The Kier molecular flexibility index (Phi) is 6.18. The molecule has 0 bridgehead atoms. The Labute approximate surface area is 128 Å². The van der Waals surface area contributed by atoms with Gasteiger partial charge in [0.25, 0.3) is 0 Å². The number of nitrogens with zero attached hydrogens (tertiary/aromatic N) is 1. The van der Waals surface area contributed by atoms with Crippen LogP contribution in [0, 0.1) is 0 Å². The predicted molar refractivity (Wildman–Crippen MR) is 85.6 cm³/mol. The zero-order valence-electron chi connectivity index (χ0n) is 13.2. The van der Waals surface area contributed by atoms with Crippen molar-refractivity contribution in [1.29, 1.82) is 0 Å². The maximum Gasteiger partial charge on any atom is 0.0932 e. The van der Waals surface area contributed by atoms with Crippen LogP contribution >= 0.6 is 0 Å². The summed E-state index contributed by atoms with van der Waals surface area (Å²) in [6.45, 7) is 9.92. The van der Waals surface area contributed by atoms with Gasteiger partial charge < -0.3 is 15.2 Å². The smallest absolute Gasteiger partial charge is 0.0932 e. The molecule has 1 aromatic carbocycles. The van der Waals surface area contributed by atoms with Crippen LogP contribution in [0.1, 0.15) is 19.4 Å². The second-order valence-corrected chi connectivity index (χ2v) is 6.12. The number of aliphatic hydroxyl groups excluding tert-OH is 1. The maximum absolute atomic E-state index is 9.30. The SMILES string of the molecule is CCNCC(C)(CN1CCOC(CO)C1)c1ccccc1. The van der Waals surface area contributed by atoms with Crippen molar-refractivity contribution in [2.75, 3.05) is 45.9 Å². The highest BCUT2D eigenvalue weighted by atomic mass is 16.5. The van der Waals surface area contributed by atoms with E-state index in [2.05, 4.69) is 54.4 Å². The Balaban J connectivity index is 2.09. The molecule has 0 saturated carbocycles. The molecule has 0 aliphatic carbocycles. The number of aliphatic hydroxyl groups is 1. The Bertz CT molecular complexity index is 413. The first-order valence-corrected chi connectivity index (χ1v) is 7.89. The molecule has 4 nitrogen and oxygen atoms in total. The van der Waals surface area contributed by atoms with Gasteiger partial charge in [0.1, 0.15) is 0 Å². The predicted octanol–water partition coefficient (Wildman–Crippen LogP) is 1.25. The van der Waals surface area contributed by atoms with Gasteiger partial charge in [-0.05, 0) is 12.1 Å². The molecule has 1 aliphatic heterocycles. The molecule has 1 saturated heterocycles. The van der Waals surface area contributed by atoms with Crippen molar-refractivity contribution in [3.63, 3.8) is 0 Å². The van der Waals surface area contributed by atoms with Crippen molar-refractivity contribution < 1.29 is 9.84 Å². The van der Waals surface area contributed by atoms with Gasteiger partial charge >= 0.3 is 0 Å². The number of nitrogens with one attached hydrogen (secondary N) is 1. The van der Waals surface area contributed by atoms with E-state index < -0.39 is 0 Å². The van der Waals surface area contributed by atoms with Crippen LogP contribution in [0.3, 0.4) is 0 Å². The third-order valence-electron chi connectivity index (χ3n) is 4.23. The van der Waals surface area contributed by atoms with E-state index in [9.17, 15) is 5.11 Å². The standard InChI is InChI=1S/C17H28N2O2/c1-3-18-13-17(2,15-7-5-4-6-8-15)14-19-9-10-21-16(11-19)12-20/h4-8,16,18,20H,3,9-14H2,1-2H3. The summed E-state index contributed by atoms with van der Waals surface area (Å²) in [5, 5.41) is 12.8. The molecule has 2 N–H and O–H groups in total.